The zero-order chi connectivity index (χ0) is 20.4. The molecule has 0 bridgehead atoms. The van der Waals surface area contributed by atoms with Crippen LogP contribution in [0.25, 0.3) is 16.9 Å². The summed E-state index contributed by atoms with van der Waals surface area (Å²) in [6.45, 7) is 6.19. The first-order chi connectivity index (χ1) is 14.0. The molecule has 0 aliphatic carbocycles. The predicted octanol–water partition coefficient (Wildman–Crippen LogP) is 5.66. The second-order valence-electron chi connectivity index (χ2n) is 7.27. The van der Waals surface area contributed by atoms with E-state index in [1.807, 2.05) is 60.0 Å². The van der Waals surface area contributed by atoms with Crippen molar-refractivity contribution in [3.8, 4) is 11.3 Å². The Bertz CT molecular complexity index is 1160. The topological polar surface area (TPSA) is 46.4 Å². The van der Waals surface area contributed by atoms with E-state index in [0.29, 0.717) is 11.6 Å². The molecule has 0 saturated heterocycles. The first-order valence-electron chi connectivity index (χ1n) is 9.55. The Balaban J connectivity index is 1.69. The van der Waals surface area contributed by atoms with E-state index in [1.165, 1.54) is 22.9 Å². The third-order valence-electron chi connectivity index (χ3n) is 4.65. The Kier molecular flexibility index (Phi) is 5.41. The van der Waals surface area contributed by atoms with Crippen molar-refractivity contribution in [3.63, 3.8) is 0 Å². The number of hydrogen-bond acceptors (Lipinski definition) is 3. The van der Waals surface area contributed by atoms with Crippen LogP contribution in [0.5, 0.6) is 0 Å². The predicted molar refractivity (Wildman–Crippen MR) is 121 cm³/mol. The first-order valence-corrected chi connectivity index (χ1v) is 10.5. The van der Waals surface area contributed by atoms with E-state index < -0.39 is 0 Å². The van der Waals surface area contributed by atoms with Crippen molar-refractivity contribution in [2.75, 3.05) is 11.1 Å². The fourth-order valence-electron chi connectivity index (χ4n) is 3.41. The number of carbonyl (C=O) groups excluding carboxylic acids is 1. The highest BCUT2D eigenvalue weighted by molar-refractivity contribution is 8.00. The van der Waals surface area contributed by atoms with Crippen molar-refractivity contribution >= 4 is 29.1 Å². The molecule has 0 fully saturated rings. The molecule has 0 unspecified atom stereocenters. The monoisotopic (exact) mass is 401 g/mol. The first kappa shape index (κ1) is 19.3. The number of anilines is 1. The van der Waals surface area contributed by atoms with Crippen molar-refractivity contribution in [2.24, 2.45) is 0 Å². The van der Waals surface area contributed by atoms with Gasteiger partial charge in [-0.05, 0) is 62.7 Å². The highest BCUT2D eigenvalue weighted by Crippen LogP contribution is 2.31. The lowest BCUT2D eigenvalue weighted by molar-refractivity contribution is -0.113. The molecule has 2 aromatic heterocycles. The maximum Gasteiger partial charge on any atom is 0.235 e. The van der Waals surface area contributed by atoms with Gasteiger partial charge in [-0.2, -0.15) is 0 Å². The summed E-state index contributed by atoms with van der Waals surface area (Å²) in [4.78, 5) is 18.7. The van der Waals surface area contributed by atoms with Crippen molar-refractivity contribution in [3.05, 3.63) is 83.6 Å². The van der Waals surface area contributed by atoms with Crippen LogP contribution in [0.1, 0.15) is 16.7 Å². The molecule has 29 heavy (non-hydrogen) atoms. The smallest absolute Gasteiger partial charge is 0.235 e. The standard InChI is InChI=1S/C24H23N3OS/c1-16-9-10-27-21(14-16)25-23(19-12-17(2)11-18(3)13-19)24(27)26-22(28)15-29-20-7-5-4-6-8-20/h4-14H,15H2,1-3H3,(H,26,28). The zero-order valence-electron chi connectivity index (χ0n) is 16.8. The molecule has 4 nitrogen and oxygen atoms in total. The molecule has 1 amide bonds. The molecular weight excluding hydrogens is 378 g/mol. The molecule has 0 aliphatic heterocycles. The van der Waals surface area contributed by atoms with Gasteiger partial charge in [0.05, 0.1) is 5.75 Å². The number of carbonyl (C=O) groups is 1. The minimum atomic E-state index is -0.0492. The molecule has 0 aliphatic rings. The minimum absolute atomic E-state index is 0.0492. The largest absolute Gasteiger partial charge is 0.309 e. The Labute approximate surface area is 175 Å². The van der Waals surface area contributed by atoms with Gasteiger partial charge < -0.3 is 5.32 Å². The number of nitrogens with one attached hydrogen (secondary N) is 1. The van der Waals surface area contributed by atoms with Gasteiger partial charge in [0.1, 0.15) is 17.2 Å². The molecule has 0 radical (unpaired) electrons. The number of imidazole rings is 1. The lowest BCUT2D eigenvalue weighted by atomic mass is 10.1. The van der Waals surface area contributed by atoms with Crippen LogP contribution in [0.4, 0.5) is 5.82 Å². The fourth-order valence-corrected chi connectivity index (χ4v) is 4.13. The molecule has 1 N–H and O–H groups in total. The van der Waals surface area contributed by atoms with E-state index >= 15 is 0 Å². The Morgan fingerprint density at radius 1 is 0.966 bits per heavy atom. The zero-order valence-corrected chi connectivity index (χ0v) is 17.6. The summed E-state index contributed by atoms with van der Waals surface area (Å²) in [6, 6.07) is 20.3. The van der Waals surface area contributed by atoms with E-state index in [9.17, 15) is 4.79 Å². The van der Waals surface area contributed by atoms with E-state index in [2.05, 4.69) is 37.4 Å². The molecule has 2 heterocycles. The summed E-state index contributed by atoms with van der Waals surface area (Å²) >= 11 is 1.52. The van der Waals surface area contributed by atoms with Gasteiger partial charge in [0.2, 0.25) is 5.91 Å². The van der Waals surface area contributed by atoms with Crippen LogP contribution >= 0.6 is 11.8 Å². The van der Waals surface area contributed by atoms with Crippen LogP contribution < -0.4 is 5.32 Å². The summed E-state index contributed by atoms with van der Waals surface area (Å²) in [5, 5.41) is 3.10. The van der Waals surface area contributed by atoms with Crippen LogP contribution in [0, 0.1) is 20.8 Å². The lowest BCUT2D eigenvalue weighted by Crippen LogP contribution is -2.16. The number of benzene rings is 2. The van der Waals surface area contributed by atoms with E-state index in [-0.39, 0.29) is 5.91 Å². The SMILES string of the molecule is Cc1cc(C)cc(-c2nc3cc(C)ccn3c2NC(=O)CSc2ccccc2)c1. The summed E-state index contributed by atoms with van der Waals surface area (Å²) in [7, 11) is 0. The number of pyridine rings is 1. The van der Waals surface area contributed by atoms with Crippen LogP contribution in [0.15, 0.2) is 71.8 Å². The normalized spacial score (nSPS) is 11.0. The number of thioether (sulfide) groups is 1. The van der Waals surface area contributed by atoms with Gasteiger partial charge in [-0.3, -0.25) is 9.20 Å². The number of amides is 1. The quantitative estimate of drug-likeness (QED) is 0.439. The molecule has 0 saturated carbocycles. The van der Waals surface area contributed by atoms with Crippen molar-refractivity contribution in [2.45, 2.75) is 25.7 Å². The van der Waals surface area contributed by atoms with E-state index in [0.717, 1.165) is 27.4 Å². The van der Waals surface area contributed by atoms with Crippen LogP contribution in [-0.4, -0.2) is 21.0 Å². The van der Waals surface area contributed by atoms with E-state index in [1.54, 1.807) is 0 Å². The Morgan fingerprint density at radius 2 is 1.69 bits per heavy atom. The molecule has 4 rings (SSSR count). The van der Waals surface area contributed by atoms with Gasteiger partial charge in [0.15, 0.2) is 0 Å². The third-order valence-corrected chi connectivity index (χ3v) is 5.66. The number of nitrogens with zero attached hydrogens (tertiary/aromatic N) is 2. The average Bonchev–Trinajstić information content (AvgIpc) is 3.04. The summed E-state index contributed by atoms with van der Waals surface area (Å²) in [5.74, 6) is 1.01. The second-order valence-corrected chi connectivity index (χ2v) is 8.32. The molecule has 0 spiro atoms. The number of rotatable bonds is 5. The van der Waals surface area contributed by atoms with Gasteiger partial charge >= 0.3 is 0 Å². The van der Waals surface area contributed by atoms with Crippen molar-refractivity contribution in [1.82, 2.24) is 9.38 Å². The number of aromatic nitrogens is 2. The lowest BCUT2D eigenvalue weighted by Gasteiger charge is -2.09. The van der Waals surface area contributed by atoms with E-state index in [4.69, 9.17) is 4.98 Å². The fraction of sp³-hybridized carbons (Fsp3) is 0.167. The number of aryl methyl sites for hydroxylation is 3. The van der Waals surface area contributed by atoms with Crippen LogP contribution in [0.2, 0.25) is 0 Å². The second kappa shape index (κ2) is 8.13. The molecule has 5 heteroatoms. The van der Waals surface area contributed by atoms with Gasteiger partial charge in [0.25, 0.3) is 0 Å². The van der Waals surface area contributed by atoms with Crippen LogP contribution in [0.3, 0.4) is 0 Å². The Hall–Kier alpha value is -3.05. The van der Waals surface area contributed by atoms with Crippen molar-refractivity contribution in [1.29, 1.82) is 0 Å². The average molecular weight is 402 g/mol. The number of fused-ring (bicyclic) bond motifs is 1. The third kappa shape index (κ3) is 4.35. The molecular formula is C24H23N3OS. The van der Waals surface area contributed by atoms with Gasteiger partial charge in [-0.25, -0.2) is 4.98 Å². The molecule has 4 aromatic rings. The van der Waals surface area contributed by atoms with Crippen LogP contribution in [-0.2, 0) is 4.79 Å². The molecule has 146 valence electrons. The maximum absolute atomic E-state index is 12.7. The van der Waals surface area contributed by atoms with Gasteiger partial charge in [-0.1, -0.05) is 35.4 Å². The molecule has 2 aromatic carbocycles. The number of hydrogen-bond donors (Lipinski definition) is 1. The highest BCUT2D eigenvalue weighted by Gasteiger charge is 2.17. The van der Waals surface area contributed by atoms with Gasteiger partial charge in [-0.15, -0.1) is 11.8 Å². The summed E-state index contributed by atoms with van der Waals surface area (Å²) in [5.41, 5.74) is 6.10. The maximum atomic E-state index is 12.7. The van der Waals surface area contributed by atoms with Crippen molar-refractivity contribution < 1.29 is 4.79 Å². The highest BCUT2D eigenvalue weighted by atomic mass is 32.2. The molecule has 0 atom stereocenters. The minimum Gasteiger partial charge on any atom is -0.309 e. The summed E-state index contributed by atoms with van der Waals surface area (Å²) in [6.07, 6.45) is 1.96. The Morgan fingerprint density at radius 3 is 2.41 bits per heavy atom. The summed E-state index contributed by atoms with van der Waals surface area (Å²) < 4.78 is 1.95. The van der Waals surface area contributed by atoms with Gasteiger partial charge in [0, 0.05) is 16.7 Å².